The van der Waals surface area contributed by atoms with Gasteiger partial charge in [0.1, 0.15) is 11.6 Å². The van der Waals surface area contributed by atoms with Crippen LogP contribution < -0.4 is 10.6 Å². The van der Waals surface area contributed by atoms with Gasteiger partial charge in [-0.3, -0.25) is 0 Å². The van der Waals surface area contributed by atoms with Crippen LogP contribution in [0.1, 0.15) is 6.42 Å². The molecule has 126 valence electrons. The van der Waals surface area contributed by atoms with Crippen LogP contribution in [0.4, 0.5) is 11.6 Å². The molecule has 0 atom stereocenters. The van der Waals surface area contributed by atoms with E-state index in [0.29, 0.717) is 0 Å². The topological polar surface area (TPSA) is 80.0 Å². The summed E-state index contributed by atoms with van der Waals surface area (Å²) in [7, 11) is 0. The number of nitrogens with zero attached hydrogens (tertiary/aromatic N) is 5. The third-order valence-electron chi connectivity index (χ3n) is 3.67. The van der Waals surface area contributed by atoms with E-state index in [2.05, 4.69) is 30.9 Å². The van der Waals surface area contributed by atoms with Crippen LogP contribution in [0.3, 0.4) is 0 Å². The molecule has 0 amide bonds. The van der Waals surface area contributed by atoms with Crippen molar-refractivity contribution in [2.45, 2.75) is 6.42 Å². The van der Waals surface area contributed by atoms with Gasteiger partial charge in [0.25, 0.3) is 0 Å². The molecule has 0 unspecified atom stereocenters. The number of pyridine rings is 1. The largest absolute Gasteiger partial charge is 0.370 e. The van der Waals surface area contributed by atoms with Crippen LogP contribution in [-0.2, 0) is 0 Å². The van der Waals surface area contributed by atoms with Crippen LogP contribution in [0.2, 0.25) is 0 Å². The van der Waals surface area contributed by atoms with Crippen molar-refractivity contribution < 1.29 is 0 Å². The van der Waals surface area contributed by atoms with Crippen molar-refractivity contribution in [1.82, 2.24) is 24.8 Å². The fourth-order valence-electron chi connectivity index (χ4n) is 2.44. The van der Waals surface area contributed by atoms with E-state index < -0.39 is 0 Å². The lowest BCUT2D eigenvalue weighted by molar-refractivity contribution is 0.876. The highest BCUT2D eigenvalue weighted by Crippen LogP contribution is 2.20. The lowest BCUT2D eigenvalue weighted by Gasteiger charge is -2.07. The van der Waals surface area contributed by atoms with E-state index in [1.54, 1.807) is 22.0 Å². The summed E-state index contributed by atoms with van der Waals surface area (Å²) in [4.78, 5) is 4.24. The molecule has 7 nitrogen and oxygen atoms in total. The van der Waals surface area contributed by atoms with Crippen LogP contribution in [0.5, 0.6) is 0 Å². The second-order valence-corrected chi connectivity index (χ2v) is 6.23. The fraction of sp³-hybridized carbons (Fsp3) is 0.176. The highest BCUT2D eigenvalue weighted by atomic mass is 32.1. The van der Waals surface area contributed by atoms with E-state index >= 15 is 0 Å². The molecule has 2 N–H and O–H groups in total. The molecule has 0 saturated carbocycles. The molecule has 8 heteroatoms. The van der Waals surface area contributed by atoms with E-state index in [9.17, 15) is 0 Å². The highest BCUT2D eigenvalue weighted by molar-refractivity contribution is 7.08. The second kappa shape index (κ2) is 7.27. The Morgan fingerprint density at radius 2 is 1.88 bits per heavy atom. The zero-order valence-corrected chi connectivity index (χ0v) is 14.3. The summed E-state index contributed by atoms with van der Waals surface area (Å²) < 4.78 is 1.77. The first kappa shape index (κ1) is 15.5. The molecule has 0 fully saturated rings. The summed E-state index contributed by atoms with van der Waals surface area (Å²) in [6.07, 6.45) is 2.74. The van der Waals surface area contributed by atoms with Crippen LogP contribution >= 0.6 is 11.3 Å². The molecule has 4 heterocycles. The van der Waals surface area contributed by atoms with Crippen LogP contribution in [0.25, 0.3) is 17.0 Å². The minimum Gasteiger partial charge on any atom is -0.370 e. The average molecular weight is 351 g/mol. The fourth-order valence-corrected chi connectivity index (χ4v) is 3.08. The summed E-state index contributed by atoms with van der Waals surface area (Å²) in [5.74, 6) is 2.46. The molecule has 0 radical (unpaired) electrons. The molecule has 4 aromatic rings. The van der Waals surface area contributed by atoms with Crippen molar-refractivity contribution in [1.29, 1.82) is 0 Å². The Morgan fingerprint density at radius 1 is 0.960 bits per heavy atom. The average Bonchev–Trinajstić information content (AvgIpc) is 3.31. The Bertz CT molecular complexity index is 934. The number of fused-ring (bicyclic) bond motifs is 1. The Morgan fingerprint density at radius 3 is 2.68 bits per heavy atom. The number of thiophene rings is 1. The number of anilines is 2. The van der Waals surface area contributed by atoms with Gasteiger partial charge in [-0.15, -0.1) is 15.3 Å². The maximum Gasteiger partial charge on any atom is 0.186 e. The van der Waals surface area contributed by atoms with Crippen molar-refractivity contribution in [3.63, 3.8) is 0 Å². The Kier molecular flexibility index (Phi) is 4.51. The summed E-state index contributed by atoms with van der Waals surface area (Å²) in [5.41, 5.74) is 1.77. The smallest absolute Gasteiger partial charge is 0.186 e. The molecule has 0 aliphatic heterocycles. The molecule has 0 saturated heterocycles. The van der Waals surface area contributed by atoms with Crippen molar-refractivity contribution in [2.75, 3.05) is 23.7 Å². The number of hydrogen-bond donors (Lipinski definition) is 2. The van der Waals surface area contributed by atoms with Crippen LogP contribution in [0, 0.1) is 0 Å². The molecule has 0 spiro atoms. The van der Waals surface area contributed by atoms with Gasteiger partial charge in [-0.2, -0.15) is 15.9 Å². The summed E-state index contributed by atoms with van der Waals surface area (Å²) in [5, 5.41) is 23.7. The van der Waals surface area contributed by atoms with Crippen molar-refractivity contribution >= 4 is 28.6 Å². The first-order valence-electron chi connectivity index (χ1n) is 8.04. The molecule has 25 heavy (non-hydrogen) atoms. The van der Waals surface area contributed by atoms with Crippen molar-refractivity contribution in [2.24, 2.45) is 0 Å². The van der Waals surface area contributed by atoms with E-state index in [0.717, 1.165) is 48.2 Å². The minimum absolute atomic E-state index is 0.739. The summed E-state index contributed by atoms with van der Waals surface area (Å²) in [6.45, 7) is 1.66. The van der Waals surface area contributed by atoms with Crippen LogP contribution in [0.15, 0.2) is 53.4 Å². The van der Waals surface area contributed by atoms with Gasteiger partial charge >= 0.3 is 0 Å². The van der Waals surface area contributed by atoms with E-state index in [1.807, 2.05) is 47.2 Å². The molecular formula is C17H17N7S. The molecule has 4 rings (SSSR count). The standard InChI is InChI=1S/C17H17N7S/c1-2-8-18-14(4-1)19-9-3-10-20-15-5-6-16-21-22-17(24(16)23-15)13-7-11-25-12-13/h1-2,4-8,11-12H,3,9-10H2,(H,18,19)(H,20,23). The molecule has 0 bridgehead atoms. The summed E-state index contributed by atoms with van der Waals surface area (Å²) in [6, 6.07) is 11.7. The first-order valence-corrected chi connectivity index (χ1v) is 8.98. The highest BCUT2D eigenvalue weighted by Gasteiger charge is 2.10. The van der Waals surface area contributed by atoms with Gasteiger partial charge in [0.05, 0.1) is 0 Å². The third kappa shape index (κ3) is 3.58. The maximum absolute atomic E-state index is 4.60. The van der Waals surface area contributed by atoms with Crippen molar-refractivity contribution in [3.05, 3.63) is 53.4 Å². The normalized spacial score (nSPS) is 10.9. The SMILES string of the molecule is c1ccc(NCCCNc2ccc3nnc(-c4ccsc4)n3n2)nc1. The Labute approximate surface area is 148 Å². The quantitative estimate of drug-likeness (QED) is 0.498. The molecule has 0 aliphatic carbocycles. The lowest BCUT2D eigenvalue weighted by atomic mass is 10.3. The van der Waals surface area contributed by atoms with Gasteiger partial charge in [0.15, 0.2) is 11.5 Å². The third-order valence-corrected chi connectivity index (χ3v) is 4.36. The zero-order valence-electron chi connectivity index (χ0n) is 13.5. The van der Waals surface area contributed by atoms with E-state index in [4.69, 9.17) is 0 Å². The van der Waals surface area contributed by atoms with E-state index in [-0.39, 0.29) is 0 Å². The predicted octanol–water partition coefficient (Wildman–Crippen LogP) is 3.16. The summed E-state index contributed by atoms with van der Waals surface area (Å²) >= 11 is 1.63. The van der Waals surface area contributed by atoms with Crippen molar-refractivity contribution in [3.8, 4) is 11.4 Å². The van der Waals surface area contributed by atoms with Gasteiger partial charge in [-0.05, 0) is 42.1 Å². The lowest BCUT2D eigenvalue weighted by Crippen LogP contribution is -2.11. The molecule has 0 aromatic carbocycles. The molecular weight excluding hydrogens is 334 g/mol. The Balaban J connectivity index is 1.36. The molecule has 4 aromatic heterocycles. The Hall–Kier alpha value is -3.00. The minimum atomic E-state index is 0.739. The first-order chi connectivity index (χ1) is 12.4. The maximum atomic E-state index is 4.60. The second-order valence-electron chi connectivity index (χ2n) is 5.45. The number of nitrogens with one attached hydrogen (secondary N) is 2. The number of hydrogen-bond acceptors (Lipinski definition) is 7. The van der Waals surface area contributed by atoms with Gasteiger partial charge in [0, 0.05) is 30.2 Å². The monoisotopic (exact) mass is 351 g/mol. The zero-order chi connectivity index (χ0) is 16.9. The number of rotatable bonds is 7. The number of aromatic nitrogens is 5. The van der Waals surface area contributed by atoms with Gasteiger partial charge in [0.2, 0.25) is 0 Å². The van der Waals surface area contributed by atoms with E-state index in [1.165, 1.54) is 0 Å². The van der Waals surface area contributed by atoms with Gasteiger partial charge in [-0.1, -0.05) is 6.07 Å². The van der Waals surface area contributed by atoms with Gasteiger partial charge < -0.3 is 10.6 Å². The van der Waals surface area contributed by atoms with Gasteiger partial charge in [-0.25, -0.2) is 4.98 Å². The predicted molar refractivity (Wildman–Crippen MR) is 99.9 cm³/mol. The molecule has 0 aliphatic rings. The van der Waals surface area contributed by atoms with Crippen LogP contribution in [-0.4, -0.2) is 37.9 Å².